The molecule has 4 aromatic rings. The van der Waals surface area contributed by atoms with Crippen LogP contribution in [0.25, 0.3) is 10.8 Å². The maximum Gasteiger partial charge on any atom is 0.248 e. The third kappa shape index (κ3) is 4.28. The van der Waals surface area contributed by atoms with Crippen molar-refractivity contribution in [3.8, 4) is 0 Å². The molecule has 7 rings (SSSR count). The van der Waals surface area contributed by atoms with E-state index in [0.29, 0.717) is 17.8 Å². The normalized spacial score (nSPS) is 26.7. The zero-order chi connectivity index (χ0) is 28.8. The van der Waals surface area contributed by atoms with Gasteiger partial charge in [-0.05, 0) is 53.4 Å². The lowest BCUT2D eigenvalue weighted by Gasteiger charge is -2.37. The largest absolute Gasteiger partial charge is 0.394 e. The molecular weight excluding hydrogens is 546 g/mol. The van der Waals surface area contributed by atoms with E-state index in [1.54, 1.807) is 16.7 Å². The van der Waals surface area contributed by atoms with Gasteiger partial charge in [0.2, 0.25) is 17.7 Å². The van der Waals surface area contributed by atoms with Crippen LogP contribution in [0.4, 0.5) is 11.4 Å². The quantitative estimate of drug-likeness (QED) is 0.279. The van der Waals surface area contributed by atoms with Crippen LogP contribution in [0.2, 0.25) is 0 Å². The molecule has 4 aromatic carbocycles. The van der Waals surface area contributed by atoms with Crippen LogP contribution in [0.15, 0.2) is 103 Å². The molecule has 7 nitrogen and oxygen atoms in total. The predicted molar refractivity (Wildman–Crippen MR) is 165 cm³/mol. The molecule has 3 amide bonds. The second kappa shape index (κ2) is 10.6. The number of amides is 3. The van der Waals surface area contributed by atoms with Gasteiger partial charge in [-0.1, -0.05) is 78.9 Å². The van der Waals surface area contributed by atoms with Gasteiger partial charge in [-0.3, -0.25) is 14.4 Å². The highest BCUT2D eigenvalue weighted by Gasteiger charge is 2.74. The van der Waals surface area contributed by atoms with Crippen molar-refractivity contribution in [2.75, 3.05) is 17.2 Å². The molecule has 2 bridgehead atoms. The van der Waals surface area contributed by atoms with Crippen molar-refractivity contribution >= 4 is 51.6 Å². The van der Waals surface area contributed by atoms with E-state index in [1.165, 1.54) is 0 Å². The summed E-state index contributed by atoms with van der Waals surface area (Å²) in [6.45, 7) is -0.340. The number of para-hydroxylation sites is 1. The molecule has 0 aromatic heterocycles. The molecule has 3 heterocycles. The summed E-state index contributed by atoms with van der Waals surface area (Å²) in [5.74, 6) is -2.00. The van der Waals surface area contributed by atoms with Gasteiger partial charge in [-0.25, -0.2) is 0 Å². The van der Waals surface area contributed by atoms with Gasteiger partial charge >= 0.3 is 0 Å². The van der Waals surface area contributed by atoms with Gasteiger partial charge in [-0.2, -0.15) is 0 Å². The summed E-state index contributed by atoms with van der Waals surface area (Å²) in [5.41, 5.74) is 2.06. The van der Waals surface area contributed by atoms with Crippen molar-refractivity contribution < 1.29 is 19.5 Å². The van der Waals surface area contributed by atoms with Gasteiger partial charge in [0.25, 0.3) is 0 Å². The van der Waals surface area contributed by atoms with Crippen molar-refractivity contribution in [2.24, 2.45) is 11.8 Å². The number of benzene rings is 4. The summed E-state index contributed by atoms with van der Waals surface area (Å²) in [7, 11) is 0. The number of anilines is 2. The Bertz CT molecular complexity index is 1670. The Morgan fingerprint density at radius 3 is 2.26 bits per heavy atom. The zero-order valence-corrected chi connectivity index (χ0v) is 23.7. The van der Waals surface area contributed by atoms with Gasteiger partial charge in [0.1, 0.15) is 6.04 Å². The van der Waals surface area contributed by atoms with Crippen LogP contribution in [0, 0.1) is 11.8 Å². The minimum absolute atomic E-state index is 0.0647. The average molecular weight is 578 g/mol. The van der Waals surface area contributed by atoms with E-state index < -0.39 is 28.7 Å². The first-order valence-electron chi connectivity index (χ1n) is 14.3. The standard InChI is InChI=1S/C34H31N3O4S/c38-20-26(22-10-3-1-4-11-22)37-30(32(40)36-25-16-15-21-9-7-8-12-23(21)19-25)34-18-17-27(42-34)28(29(34)33(37)41)31(39)35-24-13-5-2-6-14-24/h1-16,19,26-30,38H,17-18,20H2,(H,35,39)(H,36,40)/t26-,27+,28-,29+,30?,34?/m1/s1. The molecule has 3 N–H and O–H groups in total. The highest BCUT2D eigenvalue weighted by molar-refractivity contribution is 8.02. The minimum Gasteiger partial charge on any atom is -0.394 e. The number of thioether (sulfide) groups is 1. The number of likely N-dealkylation sites (tertiary alicyclic amines) is 1. The number of nitrogens with one attached hydrogen (secondary N) is 2. The molecule has 3 fully saturated rings. The highest BCUT2D eigenvalue weighted by Crippen LogP contribution is 2.67. The maximum atomic E-state index is 14.5. The maximum absolute atomic E-state index is 14.5. The van der Waals surface area contributed by atoms with E-state index in [2.05, 4.69) is 10.6 Å². The molecule has 0 radical (unpaired) electrons. The summed E-state index contributed by atoms with van der Waals surface area (Å²) in [5, 5.41) is 18.8. The first-order chi connectivity index (χ1) is 20.5. The van der Waals surface area contributed by atoms with Gasteiger partial charge in [0.15, 0.2) is 0 Å². The van der Waals surface area contributed by atoms with E-state index in [1.807, 2.05) is 103 Å². The van der Waals surface area contributed by atoms with Crippen molar-refractivity contribution in [2.45, 2.75) is 34.9 Å². The summed E-state index contributed by atoms with van der Waals surface area (Å²) in [6.07, 6.45) is 1.39. The van der Waals surface area contributed by atoms with Crippen molar-refractivity contribution in [1.29, 1.82) is 0 Å². The van der Waals surface area contributed by atoms with Crippen molar-refractivity contribution in [1.82, 2.24) is 4.90 Å². The monoisotopic (exact) mass is 577 g/mol. The van der Waals surface area contributed by atoms with Crippen LogP contribution in [0.1, 0.15) is 24.4 Å². The SMILES string of the molecule is O=C(Nc1ccc2ccccc2c1)C1N([C@H](CO)c2ccccc2)C(=O)[C@@H]2[C@H](C(=O)Nc3ccccc3)[C@@H]3CCC12S3. The van der Waals surface area contributed by atoms with E-state index in [9.17, 15) is 19.5 Å². The Kier molecular flexibility index (Phi) is 6.75. The first kappa shape index (κ1) is 26.7. The molecule has 42 heavy (non-hydrogen) atoms. The Labute approximate surface area is 248 Å². The number of hydrogen-bond donors (Lipinski definition) is 3. The highest BCUT2D eigenvalue weighted by atomic mass is 32.2. The van der Waals surface area contributed by atoms with Crippen LogP contribution in [-0.4, -0.2) is 50.4 Å². The Hall–Kier alpha value is -4.14. The van der Waals surface area contributed by atoms with Crippen LogP contribution < -0.4 is 10.6 Å². The van der Waals surface area contributed by atoms with Crippen molar-refractivity contribution in [3.63, 3.8) is 0 Å². The number of fused-ring (bicyclic) bond motifs is 2. The number of aliphatic hydroxyl groups is 1. The zero-order valence-electron chi connectivity index (χ0n) is 22.9. The fraction of sp³-hybridized carbons (Fsp3) is 0.265. The summed E-state index contributed by atoms with van der Waals surface area (Å²) in [4.78, 5) is 44.2. The summed E-state index contributed by atoms with van der Waals surface area (Å²) in [6, 6.07) is 30.7. The molecule has 2 unspecified atom stereocenters. The summed E-state index contributed by atoms with van der Waals surface area (Å²) < 4.78 is -0.774. The molecule has 6 atom stereocenters. The lowest BCUT2D eigenvalue weighted by atomic mass is 9.70. The first-order valence-corrected chi connectivity index (χ1v) is 15.2. The molecule has 3 saturated heterocycles. The predicted octanol–water partition coefficient (Wildman–Crippen LogP) is 5.24. The van der Waals surface area contributed by atoms with Gasteiger partial charge in [0, 0.05) is 16.6 Å². The Morgan fingerprint density at radius 2 is 1.52 bits per heavy atom. The lowest BCUT2D eigenvalue weighted by molar-refractivity contribution is -0.141. The van der Waals surface area contributed by atoms with E-state index in [-0.39, 0.29) is 29.6 Å². The number of nitrogens with zero attached hydrogens (tertiary/aromatic N) is 1. The number of carbonyl (C=O) groups is 3. The Balaban J connectivity index is 1.28. The second-order valence-corrected chi connectivity index (χ2v) is 12.9. The number of hydrogen-bond acceptors (Lipinski definition) is 5. The van der Waals surface area contributed by atoms with E-state index in [4.69, 9.17) is 0 Å². The molecule has 1 spiro atoms. The molecule has 8 heteroatoms. The van der Waals surface area contributed by atoms with Gasteiger partial charge in [-0.15, -0.1) is 11.8 Å². The van der Waals surface area contributed by atoms with Crippen LogP contribution >= 0.6 is 11.8 Å². The molecular formula is C34H31N3O4S. The average Bonchev–Trinajstić information content (AvgIpc) is 3.66. The van der Waals surface area contributed by atoms with Gasteiger partial charge in [0.05, 0.1) is 29.2 Å². The van der Waals surface area contributed by atoms with Crippen LogP contribution in [-0.2, 0) is 14.4 Å². The number of aliphatic hydroxyl groups excluding tert-OH is 1. The fourth-order valence-corrected chi connectivity index (χ4v) is 9.49. The third-order valence-electron chi connectivity index (χ3n) is 9.04. The molecule has 0 saturated carbocycles. The van der Waals surface area contributed by atoms with Crippen LogP contribution in [0.3, 0.4) is 0 Å². The fourth-order valence-electron chi connectivity index (χ4n) is 7.28. The molecule has 3 aliphatic rings. The number of rotatable bonds is 7. The van der Waals surface area contributed by atoms with E-state index >= 15 is 0 Å². The number of carbonyl (C=O) groups excluding carboxylic acids is 3. The summed E-state index contributed by atoms with van der Waals surface area (Å²) >= 11 is 1.61. The molecule has 0 aliphatic carbocycles. The lowest BCUT2D eigenvalue weighted by Crippen LogP contribution is -2.52. The van der Waals surface area contributed by atoms with Crippen molar-refractivity contribution in [3.05, 3.63) is 109 Å². The Morgan fingerprint density at radius 1 is 0.857 bits per heavy atom. The topological polar surface area (TPSA) is 98.7 Å². The minimum atomic E-state index is -0.858. The third-order valence-corrected chi connectivity index (χ3v) is 11.0. The molecule has 3 aliphatic heterocycles. The van der Waals surface area contributed by atoms with Crippen LogP contribution in [0.5, 0.6) is 0 Å². The van der Waals surface area contributed by atoms with E-state index in [0.717, 1.165) is 22.8 Å². The molecule has 212 valence electrons. The smallest absolute Gasteiger partial charge is 0.248 e. The van der Waals surface area contributed by atoms with Gasteiger partial charge < -0.3 is 20.6 Å². The second-order valence-electron chi connectivity index (χ2n) is 11.3.